The Labute approximate surface area is 122 Å². The first kappa shape index (κ1) is 12.5. The minimum absolute atomic E-state index is 1.12. The lowest BCUT2D eigenvalue weighted by Crippen LogP contribution is -1.80. The predicted octanol–water partition coefficient (Wildman–Crippen LogP) is 5.51. The molecule has 0 heterocycles. The maximum atomic E-state index is 3.44. The molecular formula is C13H10BrIS. The Morgan fingerprint density at radius 3 is 2.25 bits per heavy atom. The van der Waals surface area contributed by atoms with Crippen LogP contribution in [0, 0.1) is 10.5 Å². The van der Waals surface area contributed by atoms with Crippen LogP contribution >= 0.6 is 50.3 Å². The molecule has 0 bridgehead atoms. The highest BCUT2D eigenvalue weighted by atomic mass is 127. The summed E-state index contributed by atoms with van der Waals surface area (Å²) in [5.74, 6) is 0. The third kappa shape index (κ3) is 3.25. The van der Waals surface area contributed by atoms with Gasteiger partial charge in [-0.05, 0) is 77.5 Å². The van der Waals surface area contributed by atoms with Gasteiger partial charge < -0.3 is 0 Å². The molecule has 0 aromatic heterocycles. The molecule has 0 amide bonds. The molecule has 2 aromatic rings. The minimum Gasteiger partial charge on any atom is -0.0901 e. The fourth-order valence-electron chi connectivity index (χ4n) is 1.32. The van der Waals surface area contributed by atoms with Crippen molar-refractivity contribution in [1.82, 2.24) is 0 Å². The number of aryl methyl sites for hydroxylation is 1. The van der Waals surface area contributed by atoms with Crippen LogP contribution in [0.1, 0.15) is 5.56 Å². The van der Waals surface area contributed by atoms with Crippen molar-refractivity contribution in [2.45, 2.75) is 16.7 Å². The van der Waals surface area contributed by atoms with Gasteiger partial charge in [0.2, 0.25) is 0 Å². The van der Waals surface area contributed by atoms with Crippen molar-refractivity contribution in [3.05, 3.63) is 56.1 Å². The van der Waals surface area contributed by atoms with E-state index in [9.17, 15) is 0 Å². The molecule has 16 heavy (non-hydrogen) atoms. The van der Waals surface area contributed by atoms with E-state index in [0.29, 0.717) is 0 Å². The maximum Gasteiger partial charge on any atom is 0.0176 e. The molecule has 0 N–H and O–H groups in total. The summed E-state index contributed by atoms with van der Waals surface area (Å²) in [6, 6.07) is 15.0. The van der Waals surface area contributed by atoms with Crippen LogP contribution in [0.5, 0.6) is 0 Å². The SMILES string of the molecule is Cc1cc(Sc2ccc(Br)cc2)ccc1I. The van der Waals surface area contributed by atoms with Crippen molar-refractivity contribution in [2.24, 2.45) is 0 Å². The first-order valence-electron chi connectivity index (χ1n) is 4.85. The van der Waals surface area contributed by atoms with Gasteiger partial charge in [0.15, 0.2) is 0 Å². The van der Waals surface area contributed by atoms with E-state index >= 15 is 0 Å². The Hall–Kier alpha value is -0.000000000000000111. The first-order valence-corrected chi connectivity index (χ1v) is 7.53. The molecule has 0 aliphatic heterocycles. The van der Waals surface area contributed by atoms with Gasteiger partial charge in [0, 0.05) is 17.8 Å². The second-order valence-electron chi connectivity index (χ2n) is 3.47. The van der Waals surface area contributed by atoms with Gasteiger partial charge >= 0.3 is 0 Å². The molecule has 0 saturated carbocycles. The Bertz CT molecular complexity index is 494. The van der Waals surface area contributed by atoms with E-state index in [4.69, 9.17) is 0 Å². The van der Waals surface area contributed by atoms with Gasteiger partial charge in [0.05, 0.1) is 0 Å². The number of rotatable bonds is 2. The van der Waals surface area contributed by atoms with Crippen LogP contribution in [-0.2, 0) is 0 Å². The zero-order valence-electron chi connectivity index (χ0n) is 8.71. The van der Waals surface area contributed by atoms with Crippen molar-refractivity contribution in [2.75, 3.05) is 0 Å². The molecule has 0 spiro atoms. The van der Waals surface area contributed by atoms with Gasteiger partial charge in [-0.25, -0.2) is 0 Å². The highest BCUT2D eigenvalue weighted by Crippen LogP contribution is 2.30. The molecule has 0 atom stereocenters. The zero-order valence-corrected chi connectivity index (χ0v) is 13.3. The van der Waals surface area contributed by atoms with Crippen LogP contribution in [0.25, 0.3) is 0 Å². The Morgan fingerprint density at radius 2 is 1.62 bits per heavy atom. The third-order valence-corrected chi connectivity index (χ3v) is 4.92. The highest BCUT2D eigenvalue weighted by molar-refractivity contribution is 14.1. The average Bonchev–Trinajstić information content (AvgIpc) is 2.27. The molecule has 2 aromatic carbocycles. The predicted molar refractivity (Wildman–Crippen MR) is 82.2 cm³/mol. The lowest BCUT2D eigenvalue weighted by Gasteiger charge is -2.04. The highest BCUT2D eigenvalue weighted by Gasteiger charge is 2.00. The second-order valence-corrected chi connectivity index (χ2v) is 6.69. The average molecular weight is 405 g/mol. The van der Waals surface area contributed by atoms with Crippen LogP contribution in [0.2, 0.25) is 0 Å². The fourth-order valence-corrected chi connectivity index (χ4v) is 2.84. The van der Waals surface area contributed by atoms with Crippen LogP contribution < -0.4 is 0 Å². The molecule has 0 nitrogen and oxygen atoms in total. The van der Waals surface area contributed by atoms with E-state index in [2.05, 4.69) is 87.9 Å². The number of hydrogen-bond acceptors (Lipinski definition) is 1. The standard InChI is InChI=1S/C13H10BrIS/c1-9-8-12(6-7-13(9)15)16-11-4-2-10(14)3-5-11/h2-8H,1H3. The van der Waals surface area contributed by atoms with Gasteiger partial charge in [0.25, 0.3) is 0 Å². The van der Waals surface area contributed by atoms with Crippen molar-refractivity contribution in [3.63, 3.8) is 0 Å². The molecule has 0 saturated heterocycles. The van der Waals surface area contributed by atoms with Crippen LogP contribution in [0.4, 0.5) is 0 Å². The summed E-state index contributed by atoms with van der Waals surface area (Å²) in [5.41, 5.74) is 1.34. The quantitative estimate of drug-likeness (QED) is 0.594. The number of hydrogen-bond donors (Lipinski definition) is 0. The lowest BCUT2D eigenvalue weighted by atomic mass is 10.2. The van der Waals surface area contributed by atoms with Gasteiger partial charge in [-0.2, -0.15) is 0 Å². The third-order valence-electron chi connectivity index (χ3n) is 2.18. The molecule has 2 rings (SSSR count). The summed E-state index contributed by atoms with van der Waals surface area (Å²) in [4.78, 5) is 2.56. The second kappa shape index (κ2) is 5.56. The summed E-state index contributed by atoms with van der Waals surface area (Å²) < 4.78 is 2.44. The van der Waals surface area contributed by atoms with Crippen LogP contribution in [-0.4, -0.2) is 0 Å². The van der Waals surface area contributed by atoms with Crippen molar-refractivity contribution in [3.8, 4) is 0 Å². The minimum atomic E-state index is 1.12. The normalized spacial score (nSPS) is 10.4. The van der Waals surface area contributed by atoms with Crippen molar-refractivity contribution in [1.29, 1.82) is 0 Å². The zero-order chi connectivity index (χ0) is 11.5. The van der Waals surface area contributed by atoms with Crippen molar-refractivity contribution < 1.29 is 0 Å². The van der Waals surface area contributed by atoms with Gasteiger partial charge in [-0.15, -0.1) is 0 Å². The molecule has 3 heteroatoms. The van der Waals surface area contributed by atoms with E-state index in [1.54, 1.807) is 11.8 Å². The lowest BCUT2D eigenvalue weighted by molar-refractivity contribution is 1.32. The van der Waals surface area contributed by atoms with Gasteiger partial charge in [-0.1, -0.05) is 27.7 Å². The molecule has 0 aliphatic carbocycles. The number of halogens is 2. The van der Waals surface area contributed by atoms with E-state index in [0.717, 1.165) is 4.47 Å². The summed E-state index contributed by atoms with van der Waals surface area (Å²) >= 11 is 7.60. The molecule has 0 unspecified atom stereocenters. The molecule has 0 radical (unpaired) electrons. The summed E-state index contributed by atoms with van der Waals surface area (Å²) in [6.45, 7) is 2.15. The smallest absolute Gasteiger partial charge is 0.0176 e. The van der Waals surface area contributed by atoms with Gasteiger partial charge in [0.1, 0.15) is 0 Å². The van der Waals surface area contributed by atoms with E-state index in [1.165, 1.54) is 18.9 Å². The first-order chi connectivity index (χ1) is 7.65. The van der Waals surface area contributed by atoms with Crippen molar-refractivity contribution >= 4 is 50.3 Å². The van der Waals surface area contributed by atoms with Gasteiger partial charge in [-0.3, -0.25) is 0 Å². The van der Waals surface area contributed by atoms with E-state index < -0.39 is 0 Å². The summed E-state index contributed by atoms with van der Waals surface area (Å²) in [7, 11) is 0. The fraction of sp³-hybridized carbons (Fsp3) is 0.0769. The molecule has 0 aliphatic rings. The van der Waals surface area contributed by atoms with Crippen LogP contribution in [0.15, 0.2) is 56.7 Å². The number of benzene rings is 2. The maximum absolute atomic E-state index is 3.44. The van der Waals surface area contributed by atoms with E-state index in [-0.39, 0.29) is 0 Å². The Balaban J connectivity index is 2.20. The Morgan fingerprint density at radius 1 is 1.00 bits per heavy atom. The molecular weight excluding hydrogens is 395 g/mol. The largest absolute Gasteiger partial charge is 0.0901 e. The molecule has 82 valence electrons. The Kier molecular flexibility index (Phi) is 4.33. The topological polar surface area (TPSA) is 0 Å². The summed E-state index contributed by atoms with van der Waals surface area (Å²) in [6.07, 6.45) is 0. The van der Waals surface area contributed by atoms with Crippen LogP contribution in [0.3, 0.4) is 0 Å². The van der Waals surface area contributed by atoms with E-state index in [1.807, 2.05) is 0 Å². The molecule has 0 fully saturated rings. The monoisotopic (exact) mass is 404 g/mol. The summed E-state index contributed by atoms with van der Waals surface area (Å²) in [5, 5.41) is 0.